The molecule has 2 nitrogen and oxygen atoms in total. The molecule has 0 aliphatic heterocycles. The van der Waals surface area contributed by atoms with Gasteiger partial charge in [-0.3, -0.25) is 4.79 Å². The predicted octanol–water partition coefficient (Wildman–Crippen LogP) is 5.55. The number of esters is 1. The molecule has 0 aliphatic carbocycles. The Kier molecular flexibility index (Phi) is 16.7. The van der Waals surface area contributed by atoms with E-state index >= 15 is 0 Å². The molecule has 0 amide bonds. The summed E-state index contributed by atoms with van der Waals surface area (Å²) in [6.45, 7) is 2.85. The lowest BCUT2D eigenvalue weighted by Gasteiger charge is -2.05. The summed E-state index contributed by atoms with van der Waals surface area (Å²) in [5.41, 5.74) is 0. The number of thiol groups is 1. The van der Waals surface area contributed by atoms with Gasteiger partial charge in [-0.05, 0) is 25.0 Å². The van der Waals surface area contributed by atoms with Gasteiger partial charge >= 0.3 is 5.97 Å². The first-order valence-corrected chi connectivity index (χ1v) is 9.21. The summed E-state index contributed by atoms with van der Waals surface area (Å²) in [5.74, 6) is 0.964. The molecule has 0 atom stereocenters. The molecule has 3 heteroatoms. The van der Waals surface area contributed by atoms with E-state index in [0.29, 0.717) is 13.0 Å². The van der Waals surface area contributed by atoms with Gasteiger partial charge in [-0.2, -0.15) is 12.6 Å². The van der Waals surface area contributed by atoms with E-state index in [1.54, 1.807) is 0 Å². The summed E-state index contributed by atoms with van der Waals surface area (Å²) < 4.78 is 5.25. The fourth-order valence-electron chi connectivity index (χ4n) is 2.23. The van der Waals surface area contributed by atoms with E-state index in [2.05, 4.69) is 19.6 Å². The molecule has 20 heavy (non-hydrogen) atoms. The smallest absolute Gasteiger partial charge is 0.305 e. The van der Waals surface area contributed by atoms with Crippen LogP contribution in [0.15, 0.2) is 0 Å². The molecule has 0 N–H and O–H groups in total. The molecule has 0 aromatic rings. The maximum atomic E-state index is 11.5. The molecule has 0 heterocycles. The second kappa shape index (κ2) is 16.9. The number of carbonyl (C=O) groups excluding carboxylic acids is 1. The molecule has 0 fully saturated rings. The van der Waals surface area contributed by atoms with Crippen molar-refractivity contribution in [2.75, 3.05) is 12.4 Å². The minimum Gasteiger partial charge on any atom is -0.466 e. The number of carbonyl (C=O) groups is 1. The fraction of sp³-hybridized carbons (Fsp3) is 0.941. The molecule has 0 rings (SSSR count). The van der Waals surface area contributed by atoms with Gasteiger partial charge < -0.3 is 4.74 Å². The lowest BCUT2D eigenvalue weighted by Crippen LogP contribution is -2.05. The Balaban J connectivity index is 3.12. The van der Waals surface area contributed by atoms with Crippen LogP contribution in [0, 0.1) is 0 Å². The molecular formula is C17H34O2S. The summed E-state index contributed by atoms with van der Waals surface area (Å²) in [6, 6.07) is 0. The maximum Gasteiger partial charge on any atom is 0.305 e. The number of unbranched alkanes of at least 4 members (excludes halogenated alkanes) is 10. The molecule has 0 radical (unpaired) electrons. The van der Waals surface area contributed by atoms with E-state index in [0.717, 1.165) is 25.0 Å². The molecule has 0 saturated carbocycles. The van der Waals surface area contributed by atoms with Gasteiger partial charge in [-0.25, -0.2) is 0 Å². The lowest BCUT2D eigenvalue weighted by molar-refractivity contribution is -0.143. The van der Waals surface area contributed by atoms with Crippen LogP contribution in [0.4, 0.5) is 0 Å². The van der Waals surface area contributed by atoms with Gasteiger partial charge in [-0.1, -0.05) is 64.7 Å². The van der Waals surface area contributed by atoms with E-state index in [-0.39, 0.29) is 5.97 Å². The molecule has 0 bridgehead atoms. The van der Waals surface area contributed by atoms with Crippen LogP contribution in [0.3, 0.4) is 0 Å². The van der Waals surface area contributed by atoms with E-state index in [1.807, 2.05) is 0 Å². The minimum atomic E-state index is -0.00909. The van der Waals surface area contributed by atoms with Crippen LogP contribution in [0.25, 0.3) is 0 Å². The average Bonchev–Trinajstić information content (AvgIpc) is 2.45. The summed E-state index contributed by atoms with van der Waals surface area (Å²) >= 11 is 4.18. The third-order valence-electron chi connectivity index (χ3n) is 3.55. The standard InChI is InChI=1S/C17H34O2S/c1-2-3-4-5-6-9-12-15-19-17(18)14-11-8-7-10-13-16-20/h20H,2-16H2,1H3. The first-order chi connectivity index (χ1) is 9.81. The first kappa shape index (κ1) is 19.8. The van der Waals surface area contributed by atoms with E-state index in [4.69, 9.17) is 4.74 Å². The zero-order valence-electron chi connectivity index (χ0n) is 13.4. The van der Waals surface area contributed by atoms with Crippen molar-refractivity contribution in [3.63, 3.8) is 0 Å². The summed E-state index contributed by atoms with van der Waals surface area (Å²) in [6.07, 6.45) is 15.2. The first-order valence-electron chi connectivity index (χ1n) is 8.57. The van der Waals surface area contributed by atoms with Gasteiger partial charge in [0.05, 0.1) is 6.61 Å². The van der Waals surface area contributed by atoms with Crippen LogP contribution in [-0.2, 0) is 9.53 Å². The van der Waals surface area contributed by atoms with Crippen molar-refractivity contribution < 1.29 is 9.53 Å². The number of hydrogen-bond donors (Lipinski definition) is 1. The van der Waals surface area contributed by atoms with Crippen molar-refractivity contribution in [3.05, 3.63) is 0 Å². The van der Waals surface area contributed by atoms with Gasteiger partial charge in [0.1, 0.15) is 0 Å². The van der Waals surface area contributed by atoms with Crippen LogP contribution in [0.5, 0.6) is 0 Å². The largest absolute Gasteiger partial charge is 0.466 e. The summed E-state index contributed by atoms with van der Waals surface area (Å²) in [4.78, 5) is 11.5. The highest BCUT2D eigenvalue weighted by atomic mass is 32.1. The van der Waals surface area contributed by atoms with Gasteiger partial charge in [0.2, 0.25) is 0 Å². The van der Waals surface area contributed by atoms with Crippen molar-refractivity contribution in [2.24, 2.45) is 0 Å². The van der Waals surface area contributed by atoms with Crippen LogP contribution in [-0.4, -0.2) is 18.3 Å². The highest BCUT2D eigenvalue weighted by Gasteiger charge is 2.02. The third-order valence-corrected chi connectivity index (χ3v) is 3.87. The van der Waals surface area contributed by atoms with Crippen LogP contribution in [0.2, 0.25) is 0 Å². The van der Waals surface area contributed by atoms with Crippen molar-refractivity contribution >= 4 is 18.6 Å². The Hall–Kier alpha value is -0.180. The third kappa shape index (κ3) is 15.9. The molecular weight excluding hydrogens is 268 g/mol. The molecule has 0 aromatic carbocycles. The maximum absolute atomic E-state index is 11.5. The lowest BCUT2D eigenvalue weighted by atomic mass is 10.1. The van der Waals surface area contributed by atoms with Crippen molar-refractivity contribution in [3.8, 4) is 0 Å². The van der Waals surface area contributed by atoms with Crippen molar-refractivity contribution in [1.82, 2.24) is 0 Å². The zero-order valence-corrected chi connectivity index (χ0v) is 14.3. The second-order valence-electron chi connectivity index (χ2n) is 5.58. The Bertz CT molecular complexity index is 207. The number of hydrogen-bond acceptors (Lipinski definition) is 3. The van der Waals surface area contributed by atoms with Crippen molar-refractivity contribution in [1.29, 1.82) is 0 Å². The van der Waals surface area contributed by atoms with Gasteiger partial charge in [-0.15, -0.1) is 0 Å². The molecule has 120 valence electrons. The normalized spacial score (nSPS) is 10.7. The highest BCUT2D eigenvalue weighted by molar-refractivity contribution is 7.80. The minimum absolute atomic E-state index is 0.00909. The highest BCUT2D eigenvalue weighted by Crippen LogP contribution is 2.08. The van der Waals surface area contributed by atoms with Gasteiger partial charge in [0.15, 0.2) is 0 Å². The number of ether oxygens (including phenoxy) is 1. The molecule has 0 aromatic heterocycles. The Morgan fingerprint density at radius 1 is 0.800 bits per heavy atom. The van der Waals surface area contributed by atoms with Crippen LogP contribution < -0.4 is 0 Å². The monoisotopic (exact) mass is 302 g/mol. The summed E-state index contributed by atoms with van der Waals surface area (Å²) in [7, 11) is 0. The Morgan fingerprint density at radius 2 is 1.35 bits per heavy atom. The molecule has 0 saturated heterocycles. The van der Waals surface area contributed by atoms with Gasteiger partial charge in [0.25, 0.3) is 0 Å². The van der Waals surface area contributed by atoms with E-state index in [9.17, 15) is 4.79 Å². The quantitative estimate of drug-likeness (QED) is 0.244. The SMILES string of the molecule is CCCCCCCCCOC(=O)CCCCCCCS. The Labute approximate surface area is 131 Å². The topological polar surface area (TPSA) is 26.3 Å². The average molecular weight is 303 g/mol. The summed E-state index contributed by atoms with van der Waals surface area (Å²) in [5, 5.41) is 0. The number of rotatable bonds is 15. The van der Waals surface area contributed by atoms with E-state index in [1.165, 1.54) is 57.8 Å². The predicted molar refractivity (Wildman–Crippen MR) is 90.5 cm³/mol. The second-order valence-corrected chi connectivity index (χ2v) is 6.03. The van der Waals surface area contributed by atoms with Crippen molar-refractivity contribution in [2.45, 2.75) is 90.4 Å². The van der Waals surface area contributed by atoms with Crippen LogP contribution in [0.1, 0.15) is 90.4 Å². The van der Waals surface area contributed by atoms with Gasteiger partial charge in [0, 0.05) is 6.42 Å². The molecule has 0 aliphatic rings. The van der Waals surface area contributed by atoms with Crippen LogP contribution >= 0.6 is 12.6 Å². The zero-order chi connectivity index (χ0) is 14.9. The van der Waals surface area contributed by atoms with E-state index < -0.39 is 0 Å². The fourth-order valence-corrected chi connectivity index (χ4v) is 2.45. The molecule has 0 spiro atoms. The Morgan fingerprint density at radius 3 is 2.00 bits per heavy atom. The molecule has 0 unspecified atom stereocenters.